The molecule has 2 aliphatic rings. The predicted molar refractivity (Wildman–Crippen MR) is 72.2 cm³/mol. The lowest BCUT2D eigenvalue weighted by Crippen LogP contribution is -2.57. The van der Waals surface area contributed by atoms with Crippen molar-refractivity contribution in [2.75, 3.05) is 13.1 Å². The van der Waals surface area contributed by atoms with Crippen molar-refractivity contribution in [3.05, 3.63) is 23.4 Å². The standard InChI is InChI=1S/C14H17ClN2O2/c15-11-5-6-13(16-7-11)19-12-8-17(9-12)14(18)10-3-1-2-4-10/h5-7,10,12H,1-4,8-9H2. The van der Waals surface area contributed by atoms with Crippen LogP contribution in [0.5, 0.6) is 5.88 Å². The van der Waals surface area contributed by atoms with Gasteiger partial charge in [0, 0.05) is 18.2 Å². The molecule has 1 saturated heterocycles. The second-order valence-corrected chi connectivity index (χ2v) is 5.72. The van der Waals surface area contributed by atoms with E-state index in [9.17, 15) is 4.79 Å². The van der Waals surface area contributed by atoms with Gasteiger partial charge in [0.1, 0.15) is 6.10 Å². The molecule has 1 aromatic rings. The van der Waals surface area contributed by atoms with E-state index in [0.717, 1.165) is 12.8 Å². The number of hydrogen-bond donors (Lipinski definition) is 0. The summed E-state index contributed by atoms with van der Waals surface area (Å²) in [7, 11) is 0. The van der Waals surface area contributed by atoms with Gasteiger partial charge in [-0.2, -0.15) is 0 Å². The van der Waals surface area contributed by atoms with Gasteiger partial charge >= 0.3 is 0 Å². The fourth-order valence-corrected chi connectivity index (χ4v) is 2.84. The van der Waals surface area contributed by atoms with Gasteiger partial charge in [-0.3, -0.25) is 4.79 Å². The molecule has 1 aliphatic carbocycles. The highest BCUT2D eigenvalue weighted by Crippen LogP contribution is 2.28. The molecule has 1 aliphatic heterocycles. The minimum absolute atomic E-state index is 0.0685. The minimum atomic E-state index is 0.0685. The number of amides is 1. The quantitative estimate of drug-likeness (QED) is 0.854. The molecule has 0 spiro atoms. The van der Waals surface area contributed by atoms with Crippen LogP contribution < -0.4 is 4.74 Å². The first-order chi connectivity index (χ1) is 9.22. The van der Waals surface area contributed by atoms with Crippen LogP contribution >= 0.6 is 11.6 Å². The zero-order valence-electron chi connectivity index (χ0n) is 10.7. The maximum absolute atomic E-state index is 12.1. The molecular formula is C14H17ClN2O2. The van der Waals surface area contributed by atoms with Gasteiger partial charge < -0.3 is 9.64 Å². The topological polar surface area (TPSA) is 42.4 Å². The predicted octanol–water partition coefficient (Wildman–Crippen LogP) is 2.51. The van der Waals surface area contributed by atoms with Crippen LogP contribution in [0.2, 0.25) is 5.02 Å². The number of halogens is 1. The Morgan fingerprint density at radius 3 is 2.68 bits per heavy atom. The highest BCUT2D eigenvalue weighted by molar-refractivity contribution is 6.30. The number of likely N-dealkylation sites (tertiary alicyclic amines) is 1. The molecule has 0 unspecified atom stereocenters. The van der Waals surface area contributed by atoms with Gasteiger partial charge in [0.15, 0.2) is 0 Å². The fraction of sp³-hybridized carbons (Fsp3) is 0.571. The minimum Gasteiger partial charge on any atom is -0.471 e. The summed E-state index contributed by atoms with van der Waals surface area (Å²) in [5.41, 5.74) is 0. The van der Waals surface area contributed by atoms with Crippen molar-refractivity contribution in [2.24, 2.45) is 5.92 Å². The number of hydrogen-bond acceptors (Lipinski definition) is 3. The third kappa shape index (κ3) is 2.84. The molecule has 1 amide bonds. The molecule has 4 nitrogen and oxygen atoms in total. The Morgan fingerprint density at radius 2 is 2.05 bits per heavy atom. The van der Waals surface area contributed by atoms with Gasteiger partial charge in [-0.05, 0) is 18.9 Å². The van der Waals surface area contributed by atoms with Gasteiger partial charge in [0.25, 0.3) is 0 Å². The zero-order valence-corrected chi connectivity index (χ0v) is 11.5. The summed E-state index contributed by atoms with van der Waals surface area (Å²) in [6, 6.07) is 3.51. The van der Waals surface area contributed by atoms with Crippen molar-refractivity contribution in [3.63, 3.8) is 0 Å². The first-order valence-electron chi connectivity index (χ1n) is 6.79. The van der Waals surface area contributed by atoms with E-state index < -0.39 is 0 Å². The van der Waals surface area contributed by atoms with Crippen LogP contribution in [0.15, 0.2) is 18.3 Å². The molecule has 2 fully saturated rings. The van der Waals surface area contributed by atoms with E-state index in [1.165, 1.54) is 12.8 Å². The van der Waals surface area contributed by atoms with E-state index in [0.29, 0.717) is 29.9 Å². The van der Waals surface area contributed by atoms with Gasteiger partial charge in [-0.15, -0.1) is 0 Å². The van der Waals surface area contributed by atoms with E-state index in [1.807, 2.05) is 4.90 Å². The van der Waals surface area contributed by atoms with Crippen molar-refractivity contribution < 1.29 is 9.53 Å². The summed E-state index contributed by atoms with van der Waals surface area (Å²) in [6.45, 7) is 1.36. The molecule has 1 saturated carbocycles. The van der Waals surface area contributed by atoms with E-state index in [4.69, 9.17) is 16.3 Å². The van der Waals surface area contributed by atoms with Crippen molar-refractivity contribution in [1.29, 1.82) is 0 Å². The van der Waals surface area contributed by atoms with Crippen molar-refractivity contribution >= 4 is 17.5 Å². The number of aromatic nitrogens is 1. The molecule has 2 heterocycles. The molecule has 0 atom stereocenters. The van der Waals surface area contributed by atoms with Gasteiger partial charge in [-0.1, -0.05) is 24.4 Å². The van der Waals surface area contributed by atoms with Gasteiger partial charge in [0.2, 0.25) is 11.8 Å². The Hall–Kier alpha value is -1.29. The average molecular weight is 281 g/mol. The van der Waals surface area contributed by atoms with Crippen molar-refractivity contribution in [3.8, 4) is 5.88 Å². The number of carbonyl (C=O) groups is 1. The highest BCUT2D eigenvalue weighted by atomic mass is 35.5. The molecule has 3 rings (SSSR count). The maximum atomic E-state index is 12.1. The second-order valence-electron chi connectivity index (χ2n) is 5.28. The Bertz CT molecular complexity index is 451. The molecule has 19 heavy (non-hydrogen) atoms. The Balaban J connectivity index is 1.47. The lowest BCUT2D eigenvalue weighted by molar-refractivity contribution is -0.144. The normalized spacial score (nSPS) is 20.4. The molecule has 0 aromatic carbocycles. The average Bonchev–Trinajstić information content (AvgIpc) is 2.88. The number of rotatable bonds is 3. The monoisotopic (exact) mass is 280 g/mol. The molecule has 0 bridgehead atoms. The van der Waals surface area contributed by atoms with Crippen LogP contribution in [-0.2, 0) is 4.79 Å². The fourth-order valence-electron chi connectivity index (χ4n) is 2.73. The SMILES string of the molecule is O=C(C1CCCC1)N1CC(Oc2ccc(Cl)cn2)C1. The lowest BCUT2D eigenvalue weighted by Gasteiger charge is -2.40. The van der Waals surface area contributed by atoms with E-state index in [2.05, 4.69) is 4.98 Å². The summed E-state index contributed by atoms with van der Waals surface area (Å²) < 4.78 is 5.68. The van der Waals surface area contributed by atoms with E-state index in [1.54, 1.807) is 18.3 Å². The summed E-state index contributed by atoms with van der Waals surface area (Å²) in [4.78, 5) is 18.1. The van der Waals surface area contributed by atoms with E-state index in [-0.39, 0.29) is 12.0 Å². The van der Waals surface area contributed by atoms with Crippen LogP contribution in [0.4, 0.5) is 0 Å². The molecule has 5 heteroatoms. The van der Waals surface area contributed by atoms with Crippen molar-refractivity contribution in [2.45, 2.75) is 31.8 Å². The Kier molecular flexibility index (Phi) is 3.60. The van der Waals surface area contributed by atoms with Crippen LogP contribution in [0.3, 0.4) is 0 Å². The number of ether oxygens (including phenoxy) is 1. The summed E-state index contributed by atoms with van der Waals surface area (Å²) in [5, 5.41) is 0.596. The summed E-state index contributed by atoms with van der Waals surface area (Å²) in [6.07, 6.45) is 6.13. The Morgan fingerprint density at radius 1 is 1.32 bits per heavy atom. The lowest BCUT2D eigenvalue weighted by atomic mass is 10.0. The molecule has 0 radical (unpaired) electrons. The third-order valence-corrected chi connectivity index (χ3v) is 4.08. The van der Waals surface area contributed by atoms with Crippen LogP contribution in [0, 0.1) is 5.92 Å². The van der Waals surface area contributed by atoms with Crippen LogP contribution in [0.1, 0.15) is 25.7 Å². The summed E-state index contributed by atoms with van der Waals surface area (Å²) in [5.74, 6) is 1.14. The molecule has 0 N–H and O–H groups in total. The molecule has 1 aromatic heterocycles. The Labute approximate surface area is 117 Å². The van der Waals surface area contributed by atoms with E-state index >= 15 is 0 Å². The second kappa shape index (κ2) is 5.37. The zero-order chi connectivity index (χ0) is 13.2. The highest BCUT2D eigenvalue weighted by Gasteiger charge is 2.36. The van der Waals surface area contributed by atoms with Crippen LogP contribution in [0.25, 0.3) is 0 Å². The summed E-state index contributed by atoms with van der Waals surface area (Å²) >= 11 is 5.76. The first-order valence-corrected chi connectivity index (χ1v) is 7.17. The van der Waals surface area contributed by atoms with Gasteiger partial charge in [-0.25, -0.2) is 4.98 Å². The smallest absolute Gasteiger partial charge is 0.225 e. The molecule has 102 valence electrons. The van der Waals surface area contributed by atoms with Crippen molar-refractivity contribution in [1.82, 2.24) is 9.88 Å². The molecular weight excluding hydrogens is 264 g/mol. The van der Waals surface area contributed by atoms with Crippen LogP contribution in [-0.4, -0.2) is 35.0 Å². The third-order valence-electron chi connectivity index (χ3n) is 3.85. The van der Waals surface area contributed by atoms with Gasteiger partial charge in [0.05, 0.1) is 18.1 Å². The largest absolute Gasteiger partial charge is 0.471 e. The number of nitrogens with zero attached hydrogens (tertiary/aromatic N) is 2. The maximum Gasteiger partial charge on any atom is 0.225 e. The number of carbonyl (C=O) groups excluding carboxylic acids is 1. The first kappa shape index (κ1) is 12.7. The number of pyridine rings is 1.